The van der Waals surface area contributed by atoms with Gasteiger partial charge in [0.15, 0.2) is 6.10 Å². The summed E-state index contributed by atoms with van der Waals surface area (Å²) in [5.74, 6) is -0.920. The first-order valence-electron chi connectivity index (χ1n) is 3.86. The summed E-state index contributed by atoms with van der Waals surface area (Å²) in [4.78, 5) is 10.4. The highest BCUT2D eigenvalue weighted by atomic mass is 16.5. The van der Waals surface area contributed by atoms with E-state index in [4.69, 9.17) is 9.84 Å². The summed E-state index contributed by atoms with van der Waals surface area (Å²) in [7, 11) is 0. The van der Waals surface area contributed by atoms with Gasteiger partial charge in [-0.2, -0.15) is 0 Å². The van der Waals surface area contributed by atoms with E-state index < -0.39 is 12.1 Å². The highest BCUT2D eigenvalue weighted by molar-refractivity contribution is 5.72. The van der Waals surface area contributed by atoms with E-state index in [9.17, 15) is 4.79 Å². The summed E-state index contributed by atoms with van der Waals surface area (Å²) in [6.45, 7) is 6.03. The average Bonchev–Trinajstić information content (AvgIpc) is 1.97. The molecule has 3 heteroatoms. The summed E-state index contributed by atoms with van der Waals surface area (Å²) in [5, 5.41) is 8.51. The van der Waals surface area contributed by atoms with Crippen LogP contribution >= 0.6 is 0 Å². The number of unbranched alkanes of at least 4 members (excludes halogenated alkanes) is 1. The summed E-state index contributed by atoms with van der Waals surface area (Å²) in [6.07, 6.45) is 1.49. The number of carboxylic acids is 1. The second-order valence-electron chi connectivity index (χ2n) is 2.34. The molecule has 1 radical (unpaired) electrons. The van der Waals surface area contributed by atoms with Crippen molar-refractivity contribution in [2.75, 3.05) is 6.61 Å². The van der Waals surface area contributed by atoms with E-state index in [2.05, 4.69) is 6.92 Å². The van der Waals surface area contributed by atoms with Crippen LogP contribution in [0.4, 0.5) is 0 Å². The Kier molecular flexibility index (Phi) is 5.84. The lowest BCUT2D eigenvalue weighted by molar-refractivity contribution is -0.150. The molecule has 0 aromatic carbocycles. The SMILES string of the molecule is [CH2]CC(OCCCC)C(=O)O. The first-order chi connectivity index (χ1) is 5.22. The second kappa shape index (κ2) is 6.16. The predicted molar refractivity (Wildman–Crippen MR) is 42.3 cm³/mol. The van der Waals surface area contributed by atoms with Crippen LogP contribution in [0.1, 0.15) is 26.2 Å². The molecular formula is C8H15O3. The van der Waals surface area contributed by atoms with Gasteiger partial charge in [0, 0.05) is 6.61 Å². The minimum absolute atomic E-state index is 0.291. The fourth-order valence-electron chi connectivity index (χ4n) is 0.648. The van der Waals surface area contributed by atoms with Crippen LogP contribution < -0.4 is 0 Å². The monoisotopic (exact) mass is 159 g/mol. The Morgan fingerprint density at radius 3 is 2.73 bits per heavy atom. The molecule has 0 bridgehead atoms. The minimum Gasteiger partial charge on any atom is -0.479 e. The number of ether oxygens (including phenoxy) is 1. The maximum atomic E-state index is 10.4. The fraction of sp³-hybridized carbons (Fsp3) is 0.750. The maximum absolute atomic E-state index is 10.4. The largest absolute Gasteiger partial charge is 0.479 e. The van der Waals surface area contributed by atoms with Crippen molar-refractivity contribution in [2.45, 2.75) is 32.3 Å². The van der Waals surface area contributed by atoms with Crippen LogP contribution in [0.25, 0.3) is 0 Å². The summed E-state index contributed by atoms with van der Waals surface area (Å²) < 4.78 is 5.03. The van der Waals surface area contributed by atoms with Crippen molar-refractivity contribution in [3.8, 4) is 0 Å². The number of hydrogen-bond donors (Lipinski definition) is 1. The molecule has 0 amide bonds. The molecule has 0 fully saturated rings. The van der Waals surface area contributed by atoms with Gasteiger partial charge in [-0.1, -0.05) is 20.3 Å². The van der Waals surface area contributed by atoms with E-state index in [1.807, 2.05) is 6.92 Å². The maximum Gasteiger partial charge on any atom is 0.332 e. The van der Waals surface area contributed by atoms with E-state index in [0.717, 1.165) is 12.8 Å². The van der Waals surface area contributed by atoms with Crippen molar-refractivity contribution in [3.63, 3.8) is 0 Å². The molecule has 0 heterocycles. The van der Waals surface area contributed by atoms with Crippen LogP contribution in [-0.2, 0) is 9.53 Å². The quantitative estimate of drug-likeness (QED) is 0.597. The van der Waals surface area contributed by atoms with E-state index in [1.54, 1.807) is 0 Å². The smallest absolute Gasteiger partial charge is 0.332 e. The molecule has 1 N–H and O–H groups in total. The standard InChI is InChI=1S/C8H15O3/c1-3-5-6-11-7(4-2)8(9)10/h7H,2-6H2,1H3,(H,9,10). The Morgan fingerprint density at radius 2 is 2.36 bits per heavy atom. The summed E-state index contributed by atoms with van der Waals surface area (Å²) in [6, 6.07) is 0. The van der Waals surface area contributed by atoms with Crippen LogP contribution in [-0.4, -0.2) is 23.8 Å². The zero-order chi connectivity index (χ0) is 8.69. The minimum atomic E-state index is -0.920. The van der Waals surface area contributed by atoms with Gasteiger partial charge in [0.05, 0.1) is 0 Å². The third kappa shape index (κ3) is 4.79. The average molecular weight is 159 g/mol. The molecule has 0 rings (SSSR count). The first-order valence-corrected chi connectivity index (χ1v) is 3.86. The fourth-order valence-corrected chi connectivity index (χ4v) is 0.648. The van der Waals surface area contributed by atoms with E-state index >= 15 is 0 Å². The number of hydrogen-bond acceptors (Lipinski definition) is 2. The predicted octanol–water partition coefficient (Wildman–Crippen LogP) is 1.48. The Morgan fingerprint density at radius 1 is 1.73 bits per heavy atom. The number of carbonyl (C=O) groups is 1. The molecule has 3 nitrogen and oxygen atoms in total. The number of aliphatic carboxylic acids is 1. The lowest BCUT2D eigenvalue weighted by atomic mass is 10.3. The zero-order valence-electron chi connectivity index (χ0n) is 6.88. The second-order valence-corrected chi connectivity index (χ2v) is 2.34. The van der Waals surface area contributed by atoms with Crippen molar-refractivity contribution in [1.82, 2.24) is 0 Å². The molecule has 0 saturated carbocycles. The first kappa shape index (κ1) is 10.4. The van der Waals surface area contributed by atoms with Crippen molar-refractivity contribution in [3.05, 3.63) is 6.92 Å². The van der Waals surface area contributed by atoms with Gasteiger partial charge in [0.1, 0.15) is 0 Å². The summed E-state index contributed by atoms with van der Waals surface area (Å²) >= 11 is 0. The van der Waals surface area contributed by atoms with Crippen LogP contribution in [0, 0.1) is 6.92 Å². The normalized spacial score (nSPS) is 12.9. The lowest BCUT2D eigenvalue weighted by Gasteiger charge is -2.09. The molecule has 0 saturated heterocycles. The summed E-state index contributed by atoms with van der Waals surface area (Å²) in [5.41, 5.74) is 0. The van der Waals surface area contributed by atoms with Gasteiger partial charge in [-0.3, -0.25) is 0 Å². The van der Waals surface area contributed by atoms with Gasteiger partial charge in [-0.15, -0.1) is 0 Å². The molecule has 11 heavy (non-hydrogen) atoms. The topological polar surface area (TPSA) is 46.5 Å². The third-order valence-electron chi connectivity index (χ3n) is 1.35. The molecule has 1 unspecified atom stereocenters. The number of carboxylic acid groups (broad SMARTS) is 1. The van der Waals surface area contributed by atoms with E-state index in [1.165, 1.54) is 0 Å². The van der Waals surface area contributed by atoms with Crippen LogP contribution in [0.15, 0.2) is 0 Å². The Balaban J connectivity index is 3.44. The van der Waals surface area contributed by atoms with Gasteiger partial charge in [0.25, 0.3) is 0 Å². The van der Waals surface area contributed by atoms with Crippen molar-refractivity contribution in [2.24, 2.45) is 0 Å². The molecule has 0 aromatic rings. The molecule has 0 aromatic heterocycles. The molecule has 1 atom stereocenters. The highest BCUT2D eigenvalue weighted by Crippen LogP contribution is 1.99. The Hall–Kier alpha value is -0.570. The molecule has 0 aliphatic heterocycles. The molecule has 0 spiro atoms. The van der Waals surface area contributed by atoms with Crippen molar-refractivity contribution in [1.29, 1.82) is 0 Å². The third-order valence-corrected chi connectivity index (χ3v) is 1.35. The number of rotatable bonds is 6. The van der Waals surface area contributed by atoms with Crippen molar-refractivity contribution >= 4 is 5.97 Å². The van der Waals surface area contributed by atoms with Gasteiger partial charge in [-0.05, 0) is 12.8 Å². The lowest BCUT2D eigenvalue weighted by Crippen LogP contribution is -2.23. The van der Waals surface area contributed by atoms with Crippen LogP contribution in [0.2, 0.25) is 0 Å². The zero-order valence-corrected chi connectivity index (χ0v) is 6.88. The van der Waals surface area contributed by atoms with Crippen molar-refractivity contribution < 1.29 is 14.6 Å². The Labute approximate surface area is 67.4 Å². The van der Waals surface area contributed by atoms with Gasteiger partial charge < -0.3 is 9.84 Å². The Bertz CT molecular complexity index is 112. The highest BCUT2D eigenvalue weighted by Gasteiger charge is 2.13. The van der Waals surface area contributed by atoms with E-state index in [-0.39, 0.29) is 0 Å². The van der Waals surface area contributed by atoms with Gasteiger partial charge in [0.2, 0.25) is 0 Å². The molecule has 0 aliphatic carbocycles. The van der Waals surface area contributed by atoms with Gasteiger partial charge >= 0.3 is 5.97 Å². The van der Waals surface area contributed by atoms with Crippen LogP contribution in [0.5, 0.6) is 0 Å². The molecule has 65 valence electrons. The van der Waals surface area contributed by atoms with E-state index in [0.29, 0.717) is 13.0 Å². The van der Waals surface area contributed by atoms with Gasteiger partial charge in [-0.25, -0.2) is 4.79 Å². The van der Waals surface area contributed by atoms with Crippen LogP contribution in [0.3, 0.4) is 0 Å². The molecular weight excluding hydrogens is 144 g/mol. The molecule has 0 aliphatic rings.